The number of aliphatic hydroxyl groups excluding tert-OH is 4. The number of aliphatic hydroxyl groups is 4. The number of fused-ring (bicyclic) bond motifs is 2. The maximum absolute atomic E-state index is 12.4. The van der Waals surface area contributed by atoms with Gasteiger partial charge in [0.05, 0.1) is 24.2 Å². The first-order valence-electron chi connectivity index (χ1n) is 10.1. The summed E-state index contributed by atoms with van der Waals surface area (Å²) < 4.78 is 1.43. The fraction of sp³-hybridized carbons (Fsp3) is 0.500. The molecule has 2 aliphatic rings. The first-order chi connectivity index (χ1) is 14.7. The maximum atomic E-state index is 12.4. The molecule has 5 N–H and O–H groups in total. The molecular weight excluding hydrogens is 406 g/mol. The van der Waals surface area contributed by atoms with Crippen molar-refractivity contribution >= 4 is 16.7 Å². The van der Waals surface area contributed by atoms with Crippen molar-refractivity contribution in [1.82, 2.24) is 19.5 Å². The Morgan fingerprint density at radius 1 is 1.10 bits per heavy atom. The zero-order valence-corrected chi connectivity index (χ0v) is 17.6. The molecule has 0 radical (unpaired) electrons. The highest BCUT2D eigenvalue weighted by Crippen LogP contribution is 2.29. The van der Waals surface area contributed by atoms with Gasteiger partial charge < -0.3 is 29.9 Å². The third-order valence-corrected chi connectivity index (χ3v) is 5.38. The van der Waals surface area contributed by atoms with Crippen molar-refractivity contribution in [3.8, 4) is 11.5 Å². The van der Waals surface area contributed by atoms with E-state index < -0.39 is 36.2 Å². The van der Waals surface area contributed by atoms with Crippen molar-refractivity contribution < 1.29 is 20.4 Å². The number of aryl methyl sites for hydroxylation is 1. The van der Waals surface area contributed by atoms with Gasteiger partial charge in [0.15, 0.2) is 11.5 Å². The third-order valence-electron chi connectivity index (χ3n) is 5.38. The monoisotopic (exact) mass is 433 g/mol. The van der Waals surface area contributed by atoms with Crippen LogP contribution in [0.25, 0.3) is 22.6 Å². The van der Waals surface area contributed by atoms with Gasteiger partial charge in [0.25, 0.3) is 5.56 Å². The lowest BCUT2D eigenvalue weighted by Gasteiger charge is -2.27. The second-order valence-corrected chi connectivity index (χ2v) is 7.37. The van der Waals surface area contributed by atoms with Crippen molar-refractivity contribution in [3.63, 3.8) is 0 Å². The van der Waals surface area contributed by atoms with Crippen LogP contribution in [0.15, 0.2) is 21.7 Å². The normalized spacial score (nSPS) is 14.7. The summed E-state index contributed by atoms with van der Waals surface area (Å²) >= 11 is 0. The number of aromatic amines is 1. The lowest BCUT2D eigenvalue weighted by Crippen LogP contribution is -2.42. The van der Waals surface area contributed by atoms with E-state index in [0.29, 0.717) is 11.0 Å². The van der Waals surface area contributed by atoms with Crippen LogP contribution in [0.4, 0.5) is 5.69 Å². The molecule has 1 aromatic carbocycles. The summed E-state index contributed by atoms with van der Waals surface area (Å²) in [5, 5.41) is 39.4. The number of nitrogens with zero attached hydrogens (tertiary/aromatic N) is 4. The van der Waals surface area contributed by atoms with Gasteiger partial charge in [0, 0.05) is 18.8 Å². The van der Waals surface area contributed by atoms with Gasteiger partial charge in [-0.2, -0.15) is 4.98 Å². The summed E-state index contributed by atoms with van der Waals surface area (Å²) in [5.41, 5.74) is 1.08. The first-order valence-corrected chi connectivity index (χ1v) is 10.1. The first kappa shape index (κ1) is 22.8. The van der Waals surface area contributed by atoms with Gasteiger partial charge in [-0.3, -0.25) is 9.78 Å². The van der Waals surface area contributed by atoms with Gasteiger partial charge in [0.1, 0.15) is 18.3 Å². The smallest absolute Gasteiger partial charge is 0.349 e. The number of nitrogens with one attached hydrogen (secondary N) is 1. The molecule has 3 rings (SSSR count). The molecule has 0 aliphatic carbocycles. The number of anilines is 1. The van der Waals surface area contributed by atoms with Crippen LogP contribution < -0.4 is 16.1 Å². The molecule has 1 aromatic rings. The Labute approximate surface area is 177 Å². The summed E-state index contributed by atoms with van der Waals surface area (Å²) in [7, 11) is 0. The molecule has 11 nitrogen and oxygen atoms in total. The summed E-state index contributed by atoms with van der Waals surface area (Å²) in [6, 6.07) is 3.63. The fourth-order valence-electron chi connectivity index (χ4n) is 3.68. The molecule has 0 spiro atoms. The van der Waals surface area contributed by atoms with Gasteiger partial charge in [-0.1, -0.05) is 0 Å². The number of benzene rings is 1. The molecule has 0 saturated heterocycles. The predicted molar refractivity (Wildman–Crippen MR) is 114 cm³/mol. The molecule has 0 bridgehead atoms. The average molecular weight is 433 g/mol. The Hall–Kier alpha value is -2.86. The van der Waals surface area contributed by atoms with E-state index in [9.17, 15) is 24.9 Å². The predicted octanol–water partition coefficient (Wildman–Crippen LogP) is -1.19. The Morgan fingerprint density at radius 2 is 1.77 bits per heavy atom. The van der Waals surface area contributed by atoms with Gasteiger partial charge in [-0.25, -0.2) is 9.78 Å². The zero-order chi connectivity index (χ0) is 22.9. The van der Waals surface area contributed by atoms with E-state index in [1.165, 1.54) is 4.57 Å². The van der Waals surface area contributed by atoms with Crippen LogP contribution >= 0.6 is 0 Å². The number of hydrogen-bond acceptors (Lipinski definition) is 9. The fourth-order valence-corrected chi connectivity index (χ4v) is 3.68. The molecule has 3 atom stereocenters. The van der Waals surface area contributed by atoms with E-state index in [-0.39, 0.29) is 18.1 Å². The number of aromatic nitrogens is 4. The molecule has 0 fully saturated rings. The molecule has 31 heavy (non-hydrogen) atoms. The van der Waals surface area contributed by atoms with Crippen LogP contribution in [0, 0.1) is 6.92 Å². The van der Waals surface area contributed by atoms with E-state index in [1.807, 2.05) is 26.8 Å². The highest BCUT2D eigenvalue weighted by molar-refractivity contribution is 5.84. The van der Waals surface area contributed by atoms with E-state index in [0.717, 1.165) is 24.3 Å². The number of H-pyrrole nitrogens is 1. The third kappa shape index (κ3) is 4.30. The summed E-state index contributed by atoms with van der Waals surface area (Å²) in [6.07, 6.45) is -4.73. The molecule has 2 aliphatic heterocycles. The lowest BCUT2D eigenvalue weighted by atomic mass is 10.1. The minimum atomic E-state index is -1.66. The molecule has 11 heteroatoms. The van der Waals surface area contributed by atoms with Crippen LogP contribution in [-0.4, -0.2) is 78.0 Å². The van der Waals surface area contributed by atoms with E-state index in [2.05, 4.69) is 19.9 Å². The number of hydrogen-bond donors (Lipinski definition) is 5. The molecule has 0 unspecified atom stereocenters. The summed E-state index contributed by atoms with van der Waals surface area (Å²) in [5.74, 6) is -0.0552. The van der Waals surface area contributed by atoms with E-state index in [4.69, 9.17) is 5.11 Å². The van der Waals surface area contributed by atoms with Crippen molar-refractivity contribution in [2.24, 2.45) is 0 Å². The Bertz CT molecular complexity index is 1160. The van der Waals surface area contributed by atoms with Gasteiger partial charge >= 0.3 is 5.69 Å². The molecule has 0 amide bonds. The van der Waals surface area contributed by atoms with Crippen LogP contribution in [-0.2, 0) is 6.54 Å². The van der Waals surface area contributed by atoms with Crippen molar-refractivity contribution in [3.05, 3.63) is 38.5 Å². The van der Waals surface area contributed by atoms with Gasteiger partial charge in [-0.05, 0) is 38.5 Å². The van der Waals surface area contributed by atoms with Crippen LogP contribution in [0.1, 0.15) is 19.4 Å². The quantitative estimate of drug-likeness (QED) is 0.275. The molecule has 2 heterocycles. The highest BCUT2D eigenvalue weighted by atomic mass is 16.4. The van der Waals surface area contributed by atoms with Gasteiger partial charge in [0.2, 0.25) is 0 Å². The van der Waals surface area contributed by atoms with Crippen molar-refractivity contribution in [1.29, 1.82) is 0 Å². The van der Waals surface area contributed by atoms with E-state index in [1.54, 1.807) is 6.07 Å². The maximum Gasteiger partial charge on any atom is 0.349 e. The van der Waals surface area contributed by atoms with E-state index >= 15 is 0 Å². The van der Waals surface area contributed by atoms with Crippen LogP contribution in [0.3, 0.4) is 0 Å². The largest absolute Gasteiger partial charge is 0.394 e. The number of rotatable bonds is 8. The molecule has 168 valence electrons. The molecule has 0 saturated carbocycles. The topological polar surface area (TPSA) is 165 Å². The zero-order valence-electron chi connectivity index (χ0n) is 17.6. The van der Waals surface area contributed by atoms with Crippen LogP contribution in [0.2, 0.25) is 0 Å². The Balaban J connectivity index is 2.31. The average Bonchev–Trinajstić information content (AvgIpc) is 2.74. The second kappa shape index (κ2) is 9.10. The minimum Gasteiger partial charge on any atom is -0.394 e. The highest BCUT2D eigenvalue weighted by Gasteiger charge is 2.27. The van der Waals surface area contributed by atoms with Crippen LogP contribution in [0.5, 0.6) is 0 Å². The lowest BCUT2D eigenvalue weighted by molar-refractivity contribution is -0.0802. The van der Waals surface area contributed by atoms with Gasteiger partial charge in [-0.15, -0.1) is 0 Å². The summed E-state index contributed by atoms with van der Waals surface area (Å²) in [6.45, 7) is 6.40. The Morgan fingerprint density at radius 3 is 2.39 bits per heavy atom. The minimum absolute atomic E-state index is 0.0552. The molecule has 0 aromatic heterocycles. The molecular formula is C20H27N5O6. The second-order valence-electron chi connectivity index (χ2n) is 7.37. The summed E-state index contributed by atoms with van der Waals surface area (Å²) in [4.78, 5) is 36.7. The Kier molecular flexibility index (Phi) is 6.70. The standard InChI is InChI=1S/C20H27N5O6/c1-4-24(5-2)12-7-13-11(6-10(12)3)21-16-18(22-20(31)23-19(16)30)25(13)8-14(27)17(29)15(28)9-26/h6-7,14-15,17,26-29H,4-5,8-9H2,1-3H3,(H,23,30,31)/t14-,15+,17-/m0/s1. The van der Waals surface area contributed by atoms with Crippen molar-refractivity contribution in [2.75, 3.05) is 24.6 Å². The SMILES string of the molecule is CCN(CC)c1cc2c(cc1C)nc1c(=O)[nH]c(=O)nc-1n2C[C@H](O)[C@H](O)[C@H](O)CO. The van der Waals surface area contributed by atoms with Crippen molar-refractivity contribution in [2.45, 2.75) is 45.6 Å².